The minimum Gasteiger partial charge on any atom is -0.360 e. The van der Waals surface area contributed by atoms with E-state index >= 15 is 0 Å². The number of benzene rings is 1. The van der Waals surface area contributed by atoms with Gasteiger partial charge >= 0.3 is 0 Å². The van der Waals surface area contributed by atoms with E-state index in [2.05, 4.69) is 39.2 Å². The monoisotopic (exact) mass is 219 g/mol. The number of fused-ring (bicyclic) bond motifs is 5. The highest BCUT2D eigenvalue weighted by Gasteiger charge is 2.06. The Hall–Kier alpha value is -2.42. The molecule has 3 heteroatoms. The molecular formula is C14H9N3. The molecular weight excluding hydrogens is 210 g/mol. The molecule has 0 amide bonds. The van der Waals surface area contributed by atoms with Crippen molar-refractivity contribution in [2.75, 3.05) is 0 Å². The smallest absolute Gasteiger partial charge is 0.0972 e. The van der Waals surface area contributed by atoms with Crippen LogP contribution < -0.4 is 0 Å². The highest BCUT2D eigenvalue weighted by molar-refractivity contribution is 6.13. The number of H-pyrrole nitrogens is 1. The Morgan fingerprint density at radius 3 is 2.88 bits per heavy atom. The van der Waals surface area contributed by atoms with Gasteiger partial charge in [-0.15, -0.1) is 0 Å². The van der Waals surface area contributed by atoms with Crippen LogP contribution in [-0.2, 0) is 0 Å². The van der Waals surface area contributed by atoms with E-state index < -0.39 is 0 Å². The van der Waals surface area contributed by atoms with Gasteiger partial charge in [0.1, 0.15) is 0 Å². The van der Waals surface area contributed by atoms with Crippen LogP contribution in [0, 0.1) is 0 Å². The van der Waals surface area contributed by atoms with Crippen LogP contribution in [0.15, 0.2) is 48.9 Å². The number of rotatable bonds is 0. The molecule has 3 heterocycles. The lowest BCUT2D eigenvalue weighted by Gasteiger charge is -2.02. The first-order valence-corrected chi connectivity index (χ1v) is 5.53. The first-order valence-electron chi connectivity index (χ1n) is 5.53. The van der Waals surface area contributed by atoms with Crippen molar-refractivity contribution in [3.63, 3.8) is 0 Å². The molecule has 4 rings (SSSR count). The van der Waals surface area contributed by atoms with E-state index in [1.54, 1.807) is 0 Å². The summed E-state index contributed by atoms with van der Waals surface area (Å²) in [5.41, 5.74) is 3.00. The summed E-state index contributed by atoms with van der Waals surface area (Å²) in [7, 11) is 0. The molecule has 3 aromatic heterocycles. The largest absolute Gasteiger partial charge is 0.360 e. The molecule has 0 aliphatic heterocycles. The van der Waals surface area contributed by atoms with Gasteiger partial charge in [0.15, 0.2) is 0 Å². The molecule has 0 bridgehead atoms. The van der Waals surface area contributed by atoms with Crippen molar-refractivity contribution in [2.45, 2.75) is 0 Å². The zero-order valence-electron chi connectivity index (χ0n) is 9.01. The maximum absolute atomic E-state index is 4.52. The van der Waals surface area contributed by atoms with Crippen LogP contribution in [0.5, 0.6) is 0 Å². The first-order chi connectivity index (χ1) is 8.43. The minimum absolute atomic E-state index is 0.966. The summed E-state index contributed by atoms with van der Waals surface area (Å²) < 4.78 is 0. The van der Waals surface area contributed by atoms with Crippen LogP contribution in [0.2, 0.25) is 0 Å². The normalized spacial score (nSPS) is 11.5. The van der Waals surface area contributed by atoms with Gasteiger partial charge in [0.2, 0.25) is 0 Å². The average molecular weight is 219 g/mol. The number of aromatic nitrogens is 3. The second-order valence-electron chi connectivity index (χ2n) is 4.10. The SMILES string of the molecule is c1cnc2c(c1)ccc1c3cc[nH]c3cnc12. The Balaban J connectivity index is 2.34. The number of hydrogen-bond donors (Lipinski definition) is 1. The number of nitrogens with zero attached hydrogens (tertiary/aromatic N) is 2. The van der Waals surface area contributed by atoms with E-state index in [-0.39, 0.29) is 0 Å². The van der Waals surface area contributed by atoms with Crippen LogP contribution in [0.3, 0.4) is 0 Å². The van der Waals surface area contributed by atoms with Gasteiger partial charge in [-0.05, 0) is 12.1 Å². The fourth-order valence-electron chi connectivity index (χ4n) is 2.33. The van der Waals surface area contributed by atoms with E-state index in [0.29, 0.717) is 0 Å². The van der Waals surface area contributed by atoms with Gasteiger partial charge in [-0.2, -0.15) is 0 Å². The molecule has 0 spiro atoms. The Labute approximate surface area is 97.1 Å². The molecule has 0 radical (unpaired) electrons. The highest BCUT2D eigenvalue weighted by Crippen LogP contribution is 2.27. The molecule has 0 saturated heterocycles. The Bertz CT molecular complexity index is 846. The number of hydrogen-bond acceptors (Lipinski definition) is 2. The van der Waals surface area contributed by atoms with E-state index in [4.69, 9.17) is 0 Å². The summed E-state index contributed by atoms with van der Waals surface area (Å²) in [6.07, 6.45) is 5.62. The third kappa shape index (κ3) is 1.11. The number of nitrogens with one attached hydrogen (secondary N) is 1. The molecule has 4 aromatic rings. The molecule has 1 aromatic carbocycles. The molecule has 3 nitrogen and oxygen atoms in total. The standard InChI is InChI=1S/C14H9N3/c1-2-9-3-4-11-10-5-7-15-12(10)8-17-14(11)13(9)16-6-1/h1-8,15H. The van der Waals surface area contributed by atoms with Crippen LogP contribution in [0.25, 0.3) is 32.7 Å². The lowest BCUT2D eigenvalue weighted by molar-refractivity contribution is 1.37. The van der Waals surface area contributed by atoms with Crippen molar-refractivity contribution in [2.24, 2.45) is 0 Å². The van der Waals surface area contributed by atoms with Crippen molar-refractivity contribution in [1.82, 2.24) is 15.0 Å². The lowest BCUT2D eigenvalue weighted by atomic mass is 10.1. The third-order valence-corrected chi connectivity index (χ3v) is 3.14. The second-order valence-corrected chi connectivity index (χ2v) is 4.10. The molecule has 0 aliphatic rings. The van der Waals surface area contributed by atoms with Crippen LogP contribution >= 0.6 is 0 Å². The summed E-state index contributed by atoms with van der Waals surface area (Å²) in [4.78, 5) is 12.1. The molecule has 0 aliphatic carbocycles. The minimum atomic E-state index is 0.966. The van der Waals surface area contributed by atoms with Gasteiger partial charge in [-0.1, -0.05) is 18.2 Å². The maximum atomic E-state index is 4.52. The van der Waals surface area contributed by atoms with Crippen molar-refractivity contribution in [3.8, 4) is 0 Å². The Morgan fingerprint density at radius 1 is 0.882 bits per heavy atom. The third-order valence-electron chi connectivity index (χ3n) is 3.14. The van der Waals surface area contributed by atoms with E-state index in [0.717, 1.165) is 27.3 Å². The van der Waals surface area contributed by atoms with Crippen LogP contribution in [-0.4, -0.2) is 15.0 Å². The summed E-state index contributed by atoms with van der Waals surface area (Å²) in [6, 6.07) is 10.3. The average Bonchev–Trinajstić information content (AvgIpc) is 2.86. The molecule has 17 heavy (non-hydrogen) atoms. The van der Waals surface area contributed by atoms with Gasteiger partial charge in [-0.3, -0.25) is 9.97 Å². The zero-order chi connectivity index (χ0) is 11.2. The fourth-order valence-corrected chi connectivity index (χ4v) is 2.33. The topological polar surface area (TPSA) is 41.6 Å². The molecule has 0 unspecified atom stereocenters. The lowest BCUT2D eigenvalue weighted by Crippen LogP contribution is -1.85. The van der Waals surface area contributed by atoms with Gasteiger partial charge in [0.25, 0.3) is 0 Å². The Kier molecular flexibility index (Phi) is 1.56. The van der Waals surface area contributed by atoms with E-state index in [9.17, 15) is 0 Å². The Morgan fingerprint density at radius 2 is 1.88 bits per heavy atom. The molecule has 80 valence electrons. The molecule has 0 saturated carbocycles. The highest BCUT2D eigenvalue weighted by atomic mass is 14.8. The first kappa shape index (κ1) is 8.70. The van der Waals surface area contributed by atoms with Gasteiger partial charge in [0.05, 0.1) is 22.7 Å². The van der Waals surface area contributed by atoms with Crippen molar-refractivity contribution >= 4 is 32.7 Å². The zero-order valence-corrected chi connectivity index (χ0v) is 9.01. The van der Waals surface area contributed by atoms with Crippen LogP contribution in [0.1, 0.15) is 0 Å². The summed E-state index contributed by atoms with van der Waals surface area (Å²) in [5.74, 6) is 0. The maximum Gasteiger partial charge on any atom is 0.0972 e. The fraction of sp³-hybridized carbons (Fsp3) is 0. The van der Waals surface area contributed by atoms with E-state index in [1.807, 2.05) is 24.7 Å². The number of aromatic amines is 1. The summed E-state index contributed by atoms with van der Waals surface area (Å²) in [5, 5.41) is 3.47. The molecule has 0 atom stereocenters. The second kappa shape index (κ2) is 3.04. The predicted octanol–water partition coefficient (Wildman–Crippen LogP) is 3.26. The number of pyridine rings is 2. The molecule has 1 N–H and O–H groups in total. The summed E-state index contributed by atoms with van der Waals surface area (Å²) >= 11 is 0. The van der Waals surface area contributed by atoms with Crippen molar-refractivity contribution < 1.29 is 0 Å². The van der Waals surface area contributed by atoms with Crippen molar-refractivity contribution in [3.05, 3.63) is 48.9 Å². The molecule has 0 fully saturated rings. The van der Waals surface area contributed by atoms with E-state index in [1.165, 1.54) is 5.39 Å². The predicted molar refractivity (Wildman–Crippen MR) is 68.9 cm³/mol. The summed E-state index contributed by atoms with van der Waals surface area (Å²) in [6.45, 7) is 0. The van der Waals surface area contributed by atoms with Gasteiger partial charge in [0, 0.05) is 28.6 Å². The van der Waals surface area contributed by atoms with Crippen LogP contribution in [0.4, 0.5) is 0 Å². The quantitative estimate of drug-likeness (QED) is 0.461. The van der Waals surface area contributed by atoms with Gasteiger partial charge < -0.3 is 4.98 Å². The van der Waals surface area contributed by atoms with Crippen molar-refractivity contribution in [1.29, 1.82) is 0 Å². The van der Waals surface area contributed by atoms with Gasteiger partial charge in [-0.25, -0.2) is 0 Å².